The normalized spacial score (nSPS) is 12.1. The highest BCUT2D eigenvalue weighted by atomic mass is 16.5. The molecule has 0 aromatic carbocycles. The van der Waals surface area contributed by atoms with Crippen LogP contribution < -0.4 is 16.0 Å². The summed E-state index contributed by atoms with van der Waals surface area (Å²) in [7, 11) is 3.75. The number of nitrogens with one attached hydrogen (secondary N) is 3. The summed E-state index contributed by atoms with van der Waals surface area (Å²) in [6.07, 6.45) is 2.54. The number of carbonyl (C=O) groups is 2. The molecule has 7 heteroatoms. The molecule has 0 saturated carbocycles. The molecule has 0 saturated heterocycles. The van der Waals surface area contributed by atoms with Crippen molar-refractivity contribution in [1.29, 1.82) is 0 Å². The molecular weight excluding hydrogens is 286 g/mol. The summed E-state index contributed by atoms with van der Waals surface area (Å²) in [4.78, 5) is 23.3. The number of rotatable bonds is 15. The van der Waals surface area contributed by atoms with Crippen LogP contribution in [0.4, 0.5) is 0 Å². The lowest BCUT2D eigenvalue weighted by molar-refractivity contribution is -0.130. The van der Waals surface area contributed by atoms with Gasteiger partial charge in [0.05, 0.1) is 25.9 Å². The average molecular weight is 317 g/mol. The Balaban J connectivity index is 3.72. The van der Waals surface area contributed by atoms with E-state index in [0.717, 1.165) is 25.9 Å². The monoisotopic (exact) mass is 317 g/mol. The topological polar surface area (TPSA) is 88.7 Å². The van der Waals surface area contributed by atoms with E-state index in [1.54, 1.807) is 0 Å². The van der Waals surface area contributed by atoms with Crippen LogP contribution in [0, 0.1) is 0 Å². The van der Waals surface area contributed by atoms with Gasteiger partial charge in [-0.3, -0.25) is 9.59 Å². The van der Waals surface area contributed by atoms with Gasteiger partial charge in [-0.25, -0.2) is 0 Å². The van der Waals surface area contributed by atoms with Gasteiger partial charge in [-0.1, -0.05) is 0 Å². The highest BCUT2D eigenvalue weighted by Crippen LogP contribution is 2.02. The van der Waals surface area contributed by atoms with E-state index in [1.807, 2.05) is 14.1 Å². The Morgan fingerprint density at radius 1 is 0.955 bits per heavy atom. The number of Topliss-reactive ketones (excluding diaryl/α,β-unsaturated/α-hetero) is 1. The molecule has 1 atom stereocenters. The summed E-state index contributed by atoms with van der Waals surface area (Å²) in [6.45, 7) is 4.59. The summed E-state index contributed by atoms with van der Waals surface area (Å²) in [5, 5.41) is 8.74. The maximum atomic E-state index is 11.7. The first-order valence-corrected chi connectivity index (χ1v) is 7.86. The van der Waals surface area contributed by atoms with Crippen LogP contribution in [0.3, 0.4) is 0 Å². The molecule has 0 aliphatic heterocycles. The van der Waals surface area contributed by atoms with Crippen molar-refractivity contribution in [3.63, 3.8) is 0 Å². The van der Waals surface area contributed by atoms with E-state index in [4.69, 9.17) is 9.47 Å². The van der Waals surface area contributed by atoms with E-state index < -0.39 is 6.04 Å². The summed E-state index contributed by atoms with van der Waals surface area (Å²) in [5.41, 5.74) is 0. The molecule has 0 aliphatic rings. The van der Waals surface area contributed by atoms with Crippen molar-refractivity contribution >= 4 is 11.7 Å². The fraction of sp³-hybridized carbons (Fsp3) is 0.867. The van der Waals surface area contributed by atoms with Gasteiger partial charge in [0, 0.05) is 6.54 Å². The van der Waals surface area contributed by atoms with Gasteiger partial charge >= 0.3 is 0 Å². The Bertz CT molecular complexity index is 301. The van der Waals surface area contributed by atoms with E-state index in [2.05, 4.69) is 16.0 Å². The molecule has 3 N–H and O–H groups in total. The van der Waals surface area contributed by atoms with Crippen molar-refractivity contribution in [3.8, 4) is 0 Å². The predicted octanol–water partition coefficient (Wildman–Crippen LogP) is -0.297. The molecule has 0 aromatic heterocycles. The minimum Gasteiger partial charge on any atom is -0.378 e. The molecular formula is C15H31N3O4. The third-order valence-electron chi connectivity index (χ3n) is 3.10. The second kappa shape index (κ2) is 14.9. The van der Waals surface area contributed by atoms with E-state index in [1.165, 1.54) is 6.92 Å². The molecule has 0 heterocycles. The highest BCUT2D eigenvalue weighted by Gasteiger charge is 2.16. The van der Waals surface area contributed by atoms with Crippen molar-refractivity contribution in [2.45, 2.75) is 32.2 Å². The van der Waals surface area contributed by atoms with E-state index in [0.29, 0.717) is 26.2 Å². The first-order chi connectivity index (χ1) is 10.6. The SMILES string of the molecule is CNCCCCC(NC(=O)COCCOCCNC)C(C)=O. The van der Waals surface area contributed by atoms with Gasteiger partial charge in [0.1, 0.15) is 6.61 Å². The minimum absolute atomic E-state index is 0.0202. The number of amides is 1. The molecule has 0 rings (SSSR count). The molecule has 22 heavy (non-hydrogen) atoms. The highest BCUT2D eigenvalue weighted by molar-refractivity contribution is 5.87. The molecule has 0 aromatic rings. The number of ether oxygens (including phenoxy) is 2. The van der Waals surface area contributed by atoms with Gasteiger partial charge in [0.15, 0.2) is 5.78 Å². The summed E-state index contributed by atoms with van der Waals surface area (Å²) in [5.74, 6) is -0.280. The lowest BCUT2D eigenvalue weighted by atomic mass is 10.1. The van der Waals surface area contributed by atoms with E-state index >= 15 is 0 Å². The van der Waals surface area contributed by atoms with Crippen molar-refractivity contribution in [1.82, 2.24) is 16.0 Å². The Morgan fingerprint density at radius 3 is 2.27 bits per heavy atom. The number of carbonyl (C=O) groups excluding carboxylic acids is 2. The Hall–Kier alpha value is -1.02. The molecule has 7 nitrogen and oxygen atoms in total. The van der Waals surface area contributed by atoms with Gasteiger partial charge in [0.25, 0.3) is 0 Å². The number of hydrogen-bond acceptors (Lipinski definition) is 6. The van der Waals surface area contributed by atoms with Gasteiger partial charge in [-0.15, -0.1) is 0 Å². The summed E-state index contributed by atoms with van der Waals surface area (Å²) in [6, 6.07) is -0.417. The first kappa shape index (κ1) is 21.0. The van der Waals surface area contributed by atoms with Gasteiger partial charge in [0.2, 0.25) is 5.91 Å². The lowest BCUT2D eigenvalue weighted by Gasteiger charge is -2.16. The van der Waals surface area contributed by atoms with Crippen LogP contribution in [0.1, 0.15) is 26.2 Å². The Kier molecular flexibility index (Phi) is 14.2. The predicted molar refractivity (Wildman–Crippen MR) is 86.0 cm³/mol. The van der Waals surface area contributed by atoms with Crippen LogP contribution >= 0.6 is 0 Å². The van der Waals surface area contributed by atoms with Crippen molar-refractivity contribution in [2.75, 3.05) is 53.6 Å². The van der Waals surface area contributed by atoms with Crippen LogP contribution in [0.2, 0.25) is 0 Å². The fourth-order valence-corrected chi connectivity index (χ4v) is 1.82. The number of unbranched alkanes of at least 4 members (excludes halogenated alkanes) is 1. The van der Waals surface area contributed by atoms with E-state index in [-0.39, 0.29) is 18.3 Å². The fourth-order valence-electron chi connectivity index (χ4n) is 1.82. The van der Waals surface area contributed by atoms with Gasteiger partial charge < -0.3 is 25.4 Å². The number of likely N-dealkylation sites (N-methyl/N-ethyl adjacent to an activating group) is 1. The van der Waals surface area contributed by atoms with Crippen LogP contribution in [0.5, 0.6) is 0 Å². The zero-order chi connectivity index (χ0) is 16.6. The molecule has 0 fully saturated rings. The van der Waals surface area contributed by atoms with Crippen LogP contribution in [-0.2, 0) is 19.1 Å². The maximum Gasteiger partial charge on any atom is 0.246 e. The molecule has 0 spiro atoms. The molecule has 0 aliphatic carbocycles. The second-order valence-corrected chi connectivity index (χ2v) is 5.10. The Morgan fingerprint density at radius 2 is 1.64 bits per heavy atom. The Labute approximate surface area is 133 Å². The third-order valence-corrected chi connectivity index (χ3v) is 3.10. The summed E-state index contributed by atoms with van der Waals surface area (Å²) < 4.78 is 10.5. The van der Waals surface area contributed by atoms with Crippen LogP contribution in [0.15, 0.2) is 0 Å². The van der Waals surface area contributed by atoms with Gasteiger partial charge in [-0.2, -0.15) is 0 Å². The molecule has 1 amide bonds. The second-order valence-electron chi connectivity index (χ2n) is 5.10. The molecule has 0 radical (unpaired) electrons. The van der Waals surface area contributed by atoms with Gasteiger partial charge in [-0.05, 0) is 46.8 Å². The lowest BCUT2D eigenvalue weighted by Crippen LogP contribution is -2.41. The van der Waals surface area contributed by atoms with Crippen molar-refractivity contribution < 1.29 is 19.1 Å². The minimum atomic E-state index is -0.417. The average Bonchev–Trinajstić information content (AvgIpc) is 2.49. The van der Waals surface area contributed by atoms with Crippen molar-refractivity contribution in [3.05, 3.63) is 0 Å². The molecule has 130 valence electrons. The number of hydrogen-bond donors (Lipinski definition) is 3. The molecule has 1 unspecified atom stereocenters. The quantitative estimate of drug-likeness (QED) is 0.360. The zero-order valence-corrected chi connectivity index (χ0v) is 14.1. The standard InChI is InChI=1S/C15H31N3O4/c1-13(19)14(6-4-5-7-16-2)18-15(20)12-22-11-10-21-9-8-17-3/h14,16-17H,4-12H2,1-3H3,(H,18,20). The largest absolute Gasteiger partial charge is 0.378 e. The zero-order valence-electron chi connectivity index (χ0n) is 14.1. The van der Waals surface area contributed by atoms with E-state index in [9.17, 15) is 9.59 Å². The first-order valence-electron chi connectivity index (χ1n) is 7.86. The summed E-state index contributed by atoms with van der Waals surface area (Å²) >= 11 is 0. The molecule has 0 bridgehead atoms. The third kappa shape index (κ3) is 12.7. The van der Waals surface area contributed by atoms with Crippen LogP contribution in [-0.4, -0.2) is 71.3 Å². The number of ketones is 1. The van der Waals surface area contributed by atoms with Crippen LogP contribution in [0.25, 0.3) is 0 Å². The smallest absolute Gasteiger partial charge is 0.246 e. The van der Waals surface area contributed by atoms with Crippen molar-refractivity contribution in [2.24, 2.45) is 0 Å². The maximum absolute atomic E-state index is 11.7.